The Labute approximate surface area is 107 Å². The highest BCUT2D eigenvalue weighted by Crippen LogP contribution is 2.06. The van der Waals surface area contributed by atoms with E-state index in [1.54, 1.807) is 7.11 Å². The van der Waals surface area contributed by atoms with E-state index >= 15 is 0 Å². The van der Waals surface area contributed by atoms with Crippen molar-refractivity contribution >= 4 is 0 Å². The first kappa shape index (κ1) is 16.6. The van der Waals surface area contributed by atoms with Crippen LogP contribution >= 0.6 is 0 Å². The van der Waals surface area contributed by atoms with Crippen LogP contribution in [0.5, 0.6) is 0 Å². The maximum atomic E-state index is 5.56. The van der Waals surface area contributed by atoms with Gasteiger partial charge in [0.05, 0.1) is 19.8 Å². The molecule has 0 fully saturated rings. The fraction of sp³-hybridized carbons (Fsp3) is 0.857. The van der Waals surface area contributed by atoms with Crippen molar-refractivity contribution in [2.24, 2.45) is 0 Å². The molecule has 1 N–H and O–H groups in total. The van der Waals surface area contributed by atoms with Gasteiger partial charge in [-0.05, 0) is 25.8 Å². The molecule has 0 spiro atoms. The van der Waals surface area contributed by atoms with Crippen LogP contribution in [0, 0.1) is 0 Å². The molecule has 0 saturated heterocycles. The summed E-state index contributed by atoms with van der Waals surface area (Å²) in [6.07, 6.45) is 8.13. The third kappa shape index (κ3) is 11.9. The lowest BCUT2D eigenvalue weighted by Gasteiger charge is -2.17. The van der Waals surface area contributed by atoms with Gasteiger partial charge >= 0.3 is 0 Å². The van der Waals surface area contributed by atoms with Gasteiger partial charge in [-0.1, -0.05) is 25.8 Å². The van der Waals surface area contributed by atoms with Crippen molar-refractivity contribution in [3.05, 3.63) is 12.7 Å². The molecular weight excluding hydrogens is 214 g/mol. The number of nitrogens with one attached hydrogen (secondary N) is 1. The van der Waals surface area contributed by atoms with Gasteiger partial charge in [-0.15, -0.1) is 6.58 Å². The molecule has 0 aromatic heterocycles. The molecule has 0 saturated carbocycles. The SMILES string of the molecule is C=CCCCCCC(COCCOC)NCC. The van der Waals surface area contributed by atoms with E-state index < -0.39 is 0 Å². The fourth-order valence-corrected chi connectivity index (χ4v) is 1.76. The molecule has 0 heterocycles. The quantitative estimate of drug-likeness (QED) is 0.398. The molecule has 1 unspecified atom stereocenters. The average molecular weight is 243 g/mol. The Morgan fingerprint density at radius 1 is 1.24 bits per heavy atom. The van der Waals surface area contributed by atoms with E-state index in [4.69, 9.17) is 9.47 Å². The number of allylic oxidation sites excluding steroid dienone is 1. The van der Waals surface area contributed by atoms with E-state index in [-0.39, 0.29) is 0 Å². The van der Waals surface area contributed by atoms with Crippen LogP contribution in [0.4, 0.5) is 0 Å². The van der Waals surface area contributed by atoms with Crippen molar-refractivity contribution in [3.63, 3.8) is 0 Å². The van der Waals surface area contributed by atoms with Crippen LogP contribution in [-0.2, 0) is 9.47 Å². The lowest BCUT2D eigenvalue weighted by molar-refractivity contribution is 0.0573. The molecule has 3 heteroatoms. The van der Waals surface area contributed by atoms with E-state index in [0.29, 0.717) is 19.3 Å². The minimum atomic E-state index is 0.487. The molecule has 1 atom stereocenters. The largest absolute Gasteiger partial charge is 0.382 e. The van der Waals surface area contributed by atoms with Crippen LogP contribution in [0.25, 0.3) is 0 Å². The predicted octanol–water partition coefficient (Wildman–Crippen LogP) is 2.76. The molecule has 0 rings (SSSR count). The summed E-state index contributed by atoms with van der Waals surface area (Å²) in [5.41, 5.74) is 0. The van der Waals surface area contributed by atoms with Crippen LogP contribution in [0.15, 0.2) is 12.7 Å². The number of rotatable bonds is 13. The van der Waals surface area contributed by atoms with Crippen molar-refractivity contribution < 1.29 is 9.47 Å². The van der Waals surface area contributed by atoms with Gasteiger partial charge < -0.3 is 14.8 Å². The van der Waals surface area contributed by atoms with Gasteiger partial charge in [0.2, 0.25) is 0 Å². The van der Waals surface area contributed by atoms with E-state index in [1.165, 1.54) is 25.7 Å². The normalized spacial score (nSPS) is 12.6. The number of unbranched alkanes of at least 4 members (excludes halogenated alkanes) is 3. The summed E-state index contributed by atoms with van der Waals surface area (Å²) in [6.45, 7) is 9.04. The monoisotopic (exact) mass is 243 g/mol. The molecule has 0 bridgehead atoms. The van der Waals surface area contributed by atoms with E-state index in [9.17, 15) is 0 Å². The van der Waals surface area contributed by atoms with Crippen LogP contribution in [-0.4, -0.2) is 39.5 Å². The van der Waals surface area contributed by atoms with Gasteiger partial charge in [-0.2, -0.15) is 0 Å². The molecule has 17 heavy (non-hydrogen) atoms. The van der Waals surface area contributed by atoms with Crippen LogP contribution < -0.4 is 5.32 Å². The summed E-state index contributed by atoms with van der Waals surface area (Å²) in [6, 6.07) is 0.487. The zero-order chi connectivity index (χ0) is 12.8. The van der Waals surface area contributed by atoms with Crippen LogP contribution in [0.2, 0.25) is 0 Å². The van der Waals surface area contributed by atoms with Crippen molar-refractivity contribution in [2.45, 2.75) is 45.1 Å². The zero-order valence-corrected chi connectivity index (χ0v) is 11.5. The van der Waals surface area contributed by atoms with Gasteiger partial charge in [0.15, 0.2) is 0 Å². The molecule has 102 valence electrons. The first-order chi connectivity index (χ1) is 8.35. The minimum absolute atomic E-state index is 0.487. The summed E-state index contributed by atoms with van der Waals surface area (Å²) in [5.74, 6) is 0. The summed E-state index contributed by atoms with van der Waals surface area (Å²) in [5, 5.41) is 3.46. The predicted molar refractivity (Wildman–Crippen MR) is 73.4 cm³/mol. The Bertz CT molecular complexity index is 162. The topological polar surface area (TPSA) is 30.5 Å². The van der Waals surface area contributed by atoms with Crippen LogP contribution in [0.3, 0.4) is 0 Å². The average Bonchev–Trinajstić information content (AvgIpc) is 2.34. The van der Waals surface area contributed by atoms with Crippen LogP contribution in [0.1, 0.15) is 39.0 Å². The highest BCUT2D eigenvalue weighted by Gasteiger charge is 2.06. The standard InChI is InChI=1S/C14H29NO2/c1-4-6-7-8-9-10-14(15-5-2)13-17-12-11-16-3/h4,14-15H,1,5-13H2,2-3H3. The van der Waals surface area contributed by atoms with Gasteiger partial charge in [0.25, 0.3) is 0 Å². The number of methoxy groups -OCH3 is 1. The molecule has 3 nitrogen and oxygen atoms in total. The highest BCUT2D eigenvalue weighted by molar-refractivity contribution is 4.68. The molecule has 0 aromatic rings. The number of hydrogen-bond acceptors (Lipinski definition) is 3. The lowest BCUT2D eigenvalue weighted by Crippen LogP contribution is -2.33. The Morgan fingerprint density at radius 2 is 2.06 bits per heavy atom. The molecule has 0 radical (unpaired) electrons. The van der Waals surface area contributed by atoms with E-state index in [0.717, 1.165) is 19.6 Å². The second kappa shape index (κ2) is 13.7. The summed E-state index contributed by atoms with van der Waals surface area (Å²) in [7, 11) is 1.70. The third-order valence-electron chi connectivity index (χ3n) is 2.70. The number of ether oxygens (including phenoxy) is 2. The molecule has 0 aromatic carbocycles. The summed E-state index contributed by atoms with van der Waals surface area (Å²) in [4.78, 5) is 0. The molecule has 0 amide bonds. The smallest absolute Gasteiger partial charge is 0.0701 e. The summed E-state index contributed by atoms with van der Waals surface area (Å²) < 4.78 is 10.5. The Kier molecular flexibility index (Phi) is 13.4. The second-order valence-corrected chi connectivity index (χ2v) is 4.25. The Morgan fingerprint density at radius 3 is 2.71 bits per heavy atom. The van der Waals surface area contributed by atoms with Crippen molar-refractivity contribution in [2.75, 3.05) is 33.5 Å². The third-order valence-corrected chi connectivity index (χ3v) is 2.70. The van der Waals surface area contributed by atoms with E-state index in [1.807, 2.05) is 6.08 Å². The van der Waals surface area contributed by atoms with Crippen molar-refractivity contribution in [3.8, 4) is 0 Å². The zero-order valence-electron chi connectivity index (χ0n) is 11.5. The maximum Gasteiger partial charge on any atom is 0.0701 e. The maximum absolute atomic E-state index is 5.56. The number of likely N-dealkylation sites (N-methyl/N-ethyl adjacent to an activating group) is 1. The van der Waals surface area contributed by atoms with Crippen molar-refractivity contribution in [1.82, 2.24) is 5.32 Å². The molecule has 0 aliphatic heterocycles. The molecule has 0 aliphatic carbocycles. The minimum Gasteiger partial charge on any atom is -0.382 e. The fourth-order valence-electron chi connectivity index (χ4n) is 1.76. The van der Waals surface area contributed by atoms with Gasteiger partial charge in [0, 0.05) is 13.2 Å². The lowest BCUT2D eigenvalue weighted by atomic mass is 10.1. The number of hydrogen-bond donors (Lipinski definition) is 1. The van der Waals surface area contributed by atoms with Gasteiger partial charge in [-0.3, -0.25) is 0 Å². The first-order valence-corrected chi connectivity index (χ1v) is 6.76. The Balaban J connectivity index is 3.48. The Hall–Kier alpha value is -0.380. The van der Waals surface area contributed by atoms with Gasteiger partial charge in [0.1, 0.15) is 0 Å². The highest BCUT2D eigenvalue weighted by atomic mass is 16.5. The van der Waals surface area contributed by atoms with Crippen molar-refractivity contribution in [1.29, 1.82) is 0 Å². The second-order valence-electron chi connectivity index (χ2n) is 4.25. The first-order valence-electron chi connectivity index (χ1n) is 6.76. The molecular formula is C14H29NO2. The van der Waals surface area contributed by atoms with E-state index in [2.05, 4.69) is 18.8 Å². The van der Waals surface area contributed by atoms with Gasteiger partial charge in [-0.25, -0.2) is 0 Å². The summed E-state index contributed by atoms with van der Waals surface area (Å²) >= 11 is 0. The molecule has 0 aliphatic rings.